The van der Waals surface area contributed by atoms with E-state index < -0.39 is 0 Å². The monoisotopic (exact) mass is 187 g/mol. The predicted molar refractivity (Wildman–Crippen MR) is 54.2 cm³/mol. The SMILES string of the molecule is CCN(CC)[C@@H](C)C(=O)NC(C)N. The van der Waals surface area contributed by atoms with Crippen LogP contribution >= 0.6 is 0 Å². The molecule has 0 rings (SSSR count). The van der Waals surface area contributed by atoms with Crippen molar-refractivity contribution in [1.29, 1.82) is 0 Å². The molecular formula is C9H21N3O. The third-order valence-electron chi connectivity index (χ3n) is 2.11. The molecule has 0 aliphatic heterocycles. The molecule has 2 atom stereocenters. The lowest BCUT2D eigenvalue weighted by Crippen LogP contribution is -2.49. The molecule has 4 heteroatoms. The summed E-state index contributed by atoms with van der Waals surface area (Å²) >= 11 is 0. The molecule has 0 aromatic carbocycles. The largest absolute Gasteiger partial charge is 0.340 e. The number of likely N-dealkylation sites (N-methyl/N-ethyl adjacent to an activating group) is 1. The van der Waals surface area contributed by atoms with Crippen LogP contribution < -0.4 is 11.1 Å². The summed E-state index contributed by atoms with van der Waals surface area (Å²) in [6.07, 6.45) is -0.273. The van der Waals surface area contributed by atoms with E-state index in [-0.39, 0.29) is 18.1 Å². The molecule has 1 amide bonds. The van der Waals surface area contributed by atoms with Crippen molar-refractivity contribution < 1.29 is 4.79 Å². The van der Waals surface area contributed by atoms with E-state index in [1.165, 1.54) is 0 Å². The Morgan fingerprint density at radius 2 is 1.85 bits per heavy atom. The number of hydrogen-bond donors (Lipinski definition) is 2. The molecule has 0 spiro atoms. The molecule has 0 aromatic heterocycles. The molecule has 0 heterocycles. The maximum absolute atomic E-state index is 11.5. The van der Waals surface area contributed by atoms with E-state index >= 15 is 0 Å². The second-order valence-corrected chi connectivity index (χ2v) is 3.19. The Labute approximate surface area is 80.5 Å². The van der Waals surface area contributed by atoms with Crippen LogP contribution in [0.15, 0.2) is 0 Å². The Hall–Kier alpha value is -0.610. The van der Waals surface area contributed by atoms with Gasteiger partial charge in [-0.05, 0) is 26.9 Å². The van der Waals surface area contributed by atoms with E-state index in [1.54, 1.807) is 6.92 Å². The molecule has 0 aliphatic rings. The van der Waals surface area contributed by atoms with Gasteiger partial charge in [0.05, 0.1) is 12.2 Å². The normalized spacial score (nSPS) is 15.5. The summed E-state index contributed by atoms with van der Waals surface area (Å²) in [6.45, 7) is 9.49. The van der Waals surface area contributed by atoms with Crippen LogP contribution in [0.2, 0.25) is 0 Å². The highest BCUT2D eigenvalue weighted by atomic mass is 16.2. The van der Waals surface area contributed by atoms with Crippen molar-refractivity contribution in [3.63, 3.8) is 0 Å². The van der Waals surface area contributed by atoms with Gasteiger partial charge in [-0.2, -0.15) is 0 Å². The topological polar surface area (TPSA) is 58.4 Å². The quantitative estimate of drug-likeness (QED) is 0.602. The molecule has 0 radical (unpaired) electrons. The van der Waals surface area contributed by atoms with Crippen molar-refractivity contribution in [3.05, 3.63) is 0 Å². The number of nitrogens with two attached hydrogens (primary N) is 1. The van der Waals surface area contributed by atoms with E-state index in [2.05, 4.69) is 10.2 Å². The third-order valence-corrected chi connectivity index (χ3v) is 2.11. The number of amides is 1. The summed E-state index contributed by atoms with van der Waals surface area (Å²) < 4.78 is 0. The highest BCUT2D eigenvalue weighted by Crippen LogP contribution is 1.97. The molecule has 4 nitrogen and oxygen atoms in total. The second-order valence-electron chi connectivity index (χ2n) is 3.19. The highest BCUT2D eigenvalue weighted by molar-refractivity contribution is 5.81. The summed E-state index contributed by atoms with van der Waals surface area (Å²) in [5.74, 6) is -0.00120. The molecule has 13 heavy (non-hydrogen) atoms. The first-order valence-electron chi connectivity index (χ1n) is 4.82. The lowest BCUT2D eigenvalue weighted by atomic mass is 10.2. The molecule has 0 aromatic rings. The van der Waals surface area contributed by atoms with Crippen LogP contribution in [0.25, 0.3) is 0 Å². The van der Waals surface area contributed by atoms with E-state index in [1.807, 2.05) is 20.8 Å². The van der Waals surface area contributed by atoms with Gasteiger partial charge in [-0.1, -0.05) is 13.8 Å². The number of carbonyl (C=O) groups excluding carboxylic acids is 1. The number of nitrogens with zero attached hydrogens (tertiary/aromatic N) is 1. The summed E-state index contributed by atoms with van der Waals surface area (Å²) in [4.78, 5) is 13.6. The number of hydrogen-bond acceptors (Lipinski definition) is 3. The van der Waals surface area contributed by atoms with Crippen LogP contribution in [0.3, 0.4) is 0 Å². The van der Waals surface area contributed by atoms with E-state index in [0.717, 1.165) is 13.1 Å². The van der Waals surface area contributed by atoms with Crippen molar-refractivity contribution in [2.24, 2.45) is 5.73 Å². The Bertz CT molecular complexity index is 155. The maximum atomic E-state index is 11.5. The predicted octanol–water partition coefficient (Wildman–Crippen LogP) is 0.138. The van der Waals surface area contributed by atoms with Gasteiger partial charge in [0.15, 0.2) is 0 Å². The number of nitrogens with one attached hydrogen (secondary N) is 1. The van der Waals surface area contributed by atoms with Crippen molar-refractivity contribution in [2.45, 2.75) is 39.9 Å². The van der Waals surface area contributed by atoms with Gasteiger partial charge in [0.1, 0.15) is 0 Å². The van der Waals surface area contributed by atoms with Crippen LogP contribution in [0.5, 0.6) is 0 Å². The molecule has 1 unspecified atom stereocenters. The number of rotatable bonds is 5. The second kappa shape index (κ2) is 5.94. The van der Waals surface area contributed by atoms with Gasteiger partial charge in [-0.15, -0.1) is 0 Å². The van der Waals surface area contributed by atoms with Gasteiger partial charge >= 0.3 is 0 Å². The standard InChI is InChI=1S/C9H21N3O/c1-5-12(6-2)7(3)9(13)11-8(4)10/h7-8H,5-6,10H2,1-4H3,(H,11,13)/t7-,8?/m0/s1. The van der Waals surface area contributed by atoms with Gasteiger partial charge in [-0.25, -0.2) is 0 Å². The van der Waals surface area contributed by atoms with Crippen LogP contribution in [0.4, 0.5) is 0 Å². The smallest absolute Gasteiger partial charge is 0.238 e. The fourth-order valence-electron chi connectivity index (χ4n) is 1.28. The Morgan fingerprint density at radius 3 is 2.15 bits per heavy atom. The zero-order valence-electron chi connectivity index (χ0n) is 9.00. The summed E-state index contributed by atoms with van der Waals surface area (Å²) in [6, 6.07) is -0.0963. The Kier molecular flexibility index (Phi) is 5.66. The molecular weight excluding hydrogens is 166 g/mol. The average molecular weight is 187 g/mol. The van der Waals surface area contributed by atoms with E-state index in [9.17, 15) is 4.79 Å². The first kappa shape index (κ1) is 12.4. The van der Waals surface area contributed by atoms with Gasteiger partial charge in [-0.3, -0.25) is 9.69 Å². The lowest BCUT2D eigenvalue weighted by Gasteiger charge is -2.25. The van der Waals surface area contributed by atoms with Gasteiger partial charge in [0.2, 0.25) is 5.91 Å². The zero-order chi connectivity index (χ0) is 10.4. The van der Waals surface area contributed by atoms with Crippen molar-refractivity contribution in [2.75, 3.05) is 13.1 Å². The first-order valence-corrected chi connectivity index (χ1v) is 4.82. The van der Waals surface area contributed by atoms with Crippen LogP contribution in [-0.4, -0.2) is 36.1 Å². The Morgan fingerprint density at radius 1 is 1.38 bits per heavy atom. The van der Waals surface area contributed by atoms with E-state index in [0.29, 0.717) is 0 Å². The highest BCUT2D eigenvalue weighted by Gasteiger charge is 2.18. The molecule has 3 N–H and O–H groups in total. The van der Waals surface area contributed by atoms with Crippen LogP contribution in [0.1, 0.15) is 27.7 Å². The van der Waals surface area contributed by atoms with Gasteiger partial charge in [0.25, 0.3) is 0 Å². The number of carbonyl (C=O) groups is 1. The first-order chi connectivity index (χ1) is 6.02. The molecule has 78 valence electrons. The molecule has 0 saturated heterocycles. The Balaban J connectivity index is 4.07. The van der Waals surface area contributed by atoms with Crippen molar-refractivity contribution in [3.8, 4) is 0 Å². The summed E-state index contributed by atoms with van der Waals surface area (Å²) in [5.41, 5.74) is 5.46. The minimum atomic E-state index is -0.273. The molecule has 0 aliphatic carbocycles. The van der Waals surface area contributed by atoms with Gasteiger partial charge in [0, 0.05) is 0 Å². The maximum Gasteiger partial charge on any atom is 0.238 e. The fourth-order valence-corrected chi connectivity index (χ4v) is 1.28. The summed E-state index contributed by atoms with van der Waals surface area (Å²) in [7, 11) is 0. The minimum Gasteiger partial charge on any atom is -0.340 e. The fraction of sp³-hybridized carbons (Fsp3) is 0.889. The summed E-state index contributed by atoms with van der Waals surface area (Å²) in [5, 5.41) is 2.69. The van der Waals surface area contributed by atoms with Crippen molar-refractivity contribution in [1.82, 2.24) is 10.2 Å². The third kappa shape index (κ3) is 4.24. The van der Waals surface area contributed by atoms with Crippen molar-refractivity contribution >= 4 is 5.91 Å². The lowest BCUT2D eigenvalue weighted by molar-refractivity contribution is -0.126. The molecule has 0 bridgehead atoms. The zero-order valence-corrected chi connectivity index (χ0v) is 9.00. The van der Waals surface area contributed by atoms with E-state index in [4.69, 9.17) is 5.73 Å². The average Bonchev–Trinajstić information content (AvgIpc) is 2.05. The minimum absolute atomic E-state index is 0.00120. The molecule has 0 fully saturated rings. The van der Waals surface area contributed by atoms with Crippen LogP contribution in [0, 0.1) is 0 Å². The van der Waals surface area contributed by atoms with Gasteiger partial charge < -0.3 is 11.1 Å². The molecule has 0 saturated carbocycles. The van der Waals surface area contributed by atoms with Crippen LogP contribution in [-0.2, 0) is 4.79 Å².